The third-order valence-electron chi connectivity index (χ3n) is 4.62. The molecule has 0 saturated carbocycles. The van der Waals surface area contributed by atoms with Crippen molar-refractivity contribution in [1.29, 1.82) is 0 Å². The fourth-order valence-corrected chi connectivity index (χ4v) is 4.15. The van der Waals surface area contributed by atoms with Crippen molar-refractivity contribution in [2.24, 2.45) is 5.92 Å². The molecule has 4 nitrogen and oxygen atoms in total. The fourth-order valence-electron chi connectivity index (χ4n) is 2.72. The quantitative estimate of drug-likeness (QED) is 0.384. The van der Waals surface area contributed by atoms with Crippen LogP contribution in [0.2, 0.25) is 0 Å². The molecule has 27 heavy (non-hydrogen) atoms. The van der Waals surface area contributed by atoms with Gasteiger partial charge in [0.2, 0.25) is 0 Å². The number of aryl methyl sites for hydroxylation is 2. The second-order valence-electron chi connectivity index (χ2n) is 6.87. The zero-order chi connectivity index (χ0) is 19.7. The van der Waals surface area contributed by atoms with E-state index < -0.39 is 7.82 Å². The van der Waals surface area contributed by atoms with Gasteiger partial charge in [-0.1, -0.05) is 69.5 Å². The second kappa shape index (κ2) is 10.5. The molecular weight excluding hydrogens is 359 g/mol. The topological polar surface area (TPSA) is 44.8 Å². The first-order valence-electron chi connectivity index (χ1n) is 9.72. The van der Waals surface area contributed by atoms with Crippen LogP contribution in [0, 0.1) is 19.8 Å². The number of para-hydroxylation sites is 2. The lowest BCUT2D eigenvalue weighted by Crippen LogP contribution is -2.13. The number of phosphoric acid groups is 1. The van der Waals surface area contributed by atoms with Crippen LogP contribution in [0.4, 0.5) is 0 Å². The first-order chi connectivity index (χ1) is 13.0. The highest BCUT2D eigenvalue weighted by atomic mass is 31.2. The van der Waals surface area contributed by atoms with Gasteiger partial charge >= 0.3 is 7.82 Å². The minimum absolute atomic E-state index is 0.333. The summed E-state index contributed by atoms with van der Waals surface area (Å²) >= 11 is 0. The molecule has 0 saturated heterocycles. The van der Waals surface area contributed by atoms with Crippen molar-refractivity contribution >= 4 is 7.82 Å². The molecule has 0 aliphatic rings. The zero-order valence-electron chi connectivity index (χ0n) is 16.8. The molecule has 0 bridgehead atoms. The Bertz CT molecular complexity index is 708. The number of unbranched alkanes of at least 4 members (excludes halogenated alkanes) is 1. The van der Waals surface area contributed by atoms with Gasteiger partial charge in [-0.2, -0.15) is 0 Å². The molecule has 2 aromatic rings. The Labute approximate surface area is 163 Å². The molecule has 0 amide bonds. The SMILES string of the molecule is CCCCC(CC)COP(=O)(Oc1ccccc1C)Oc1ccccc1C. The van der Waals surface area contributed by atoms with Crippen molar-refractivity contribution < 1.29 is 18.1 Å². The van der Waals surface area contributed by atoms with Crippen LogP contribution in [0.25, 0.3) is 0 Å². The first kappa shape index (κ1) is 21.5. The Hall–Kier alpha value is -1.77. The van der Waals surface area contributed by atoms with Gasteiger partial charge < -0.3 is 9.05 Å². The average molecular weight is 390 g/mol. The lowest BCUT2D eigenvalue weighted by atomic mass is 10.0. The molecule has 148 valence electrons. The maximum absolute atomic E-state index is 13.5. The van der Waals surface area contributed by atoms with E-state index in [0.29, 0.717) is 24.0 Å². The van der Waals surface area contributed by atoms with Gasteiger partial charge in [-0.15, -0.1) is 0 Å². The van der Waals surface area contributed by atoms with E-state index in [-0.39, 0.29) is 0 Å². The lowest BCUT2D eigenvalue weighted by Gasteiger charge is -2.23. The molecular formula is C22H31O4P. The molecule has 0 fully saturated rings. The van der Waals surface area contributed by atoms with Crippen LogP contribution in [-0.2, 0) is 9.09 Å². The first-order valence-corrected chi connectivity index (χ1v) is 11.2. The number of hydrogen-bond donors (Lipinski definition) is 0. The molecule has 0 spiro atoms. The Kier molecular flexibility index (Phi) is 8.40. The Morgan fingerprint density at radius 2 is 1.41 bits per heavy atom. The Balaban J connectivity index is 2.20. The highest BCUT2D eigenvalue weighted by Gasteiger charge is 2.32. The van der Waals surface area contributed by atoms with Crippen molar-refractivity contribution in [2.45, 2.75) is 53.4 Å². The third kappa shape index (κ3) is 6.71. The lowest BCUT2D eigenvalue weighted by molar-refractivity contribution is 0.170. The molecule has 5 heteroatoms. The summed E-state index contributed by atoms with van der Waals surface area (Å²) in [5.41, 5.74) is 1.76. The molecule has 0 N–H and O–H groups in total. The van der Waals surface area contributed by atoms with Crippen molar-refractivity contribution in [2.75, 3.05) is 6.61 Å². The van der Waals surface area contributed by atoms with Crippen molar-refractivity contribution in [3.8, 4) is 11.5 Å². The number of hydrogen-bond acceptors (Lipinski definition) is 4. The van der Waals surface area contributed by atoms with E-state index in [1.807, 2.05) is 50.2 Å². The fraction of sp³-hybridized carbons (Fsp3) is 0.455. The maximum atomic E-state index is 13.5. The summed E-state index contributed by atoms with van der Waals surface area (Å²) in [6.45, 7) is 8.46. The molecule has 0 heterocycles. The van der Waals surface area contributed by atoms with Gasteiger partial charge in [-0.05, 0) is 49.4 Å². The largest absolute Gasteiger partial charge is 0.587 e. The minimum atomic E-state index is -3.82. The monoisotopic (exact) mass is 390 g/mol. The van der Waals surface area contributed by atoms with Gasteiger partial charge in [0.1, 0.15) is 11.5 Å². The predicted octanol–water partition coefficient (Wildman–Crippen LogP) is 7.10. The molecule has 0 aliphatic heterocycles. The summed E-state index contributed by atoms with van der Waals surface area (Å²) in [4.78, 5) is 0. The van der Waals surface area contributed by atoms with Crippen LogP contribution in [-0.4, -0.2) is 6.61 Å². The summed E-state index contributed by atoms with van der Waals surface area (Å²) in [5.74, 6) is 1.35. The van der Waals surface area contributed by atoms with Crippen molar-refractivity contribution in [3.63, 3.8) is 0 Å². The Morgan fingerprint density at radius 1 is 0.889 bits per heavy atom. The van der Waals surface area contributed by atoms with Gasteiger partial charge in [0.05, 0.1) is 6.61 Å². The zero-order valence-corrected chi connectivity index (χ0v) is 17.7. The molecule has 1 atom stereocenters. The van der Waals surface area contributed by atoms with E-state index in [4.69, 9.17) is 13.6 Å². The van der Waals surface area contributed by atoms with Crippen LogP contribution in [0.1, 0.15) is 50.7 Å². The average Bonchev–Trinajstić information content (AvgIpc) is 2.66. The van der Waals surface area contributed by atoms with E-state index in [9.17, 15) is 4.57 Å². The summed E-state index contributed by atoms with van der Waals surface area (Å²) in [6.07, 6.45) is 4.27. The van der Waals surface area contributed by atoms with E-state index in [1.54, 1.807) is 12.1 Å². The van der Waals surface area contributed by atoms with Crippen LogP contribution in [0.5, 0.6) is 11.5 Å². The number of phosphoric ester groups is 1. The van der Waals surface area contributed by atoms with Crippen LogP contribution < -0.4 is 9.05 Å². The van der Waals surface area contributed by atoms with E-state index in [2.05, 4.69) is 13.8 Å². The standard InChI is InChI=1S/C22H31O4P/c1-5-7-14-20(6-2)17-24-27(23,25-21-15-10-8-12-18(21)3)26-22-16-11-9-13-19(22)4/h8-13,15-16,20H,5-7,14,17H2,1-4H3. The summed E-state index contributed by atoms with van der Waals surface area (Å²) in [6, 6.07) is 14.9. The molecule has 1 unspecified atom stereocenters. The minimum Gasteiger partial charge on any atom is -0.395 e. The maximum Gasteiger partial charge on any atom is 0.587 e. The van der Waals surface area contributed by atoms with Gasteiger partial charge in [-0.25, -0.2) is 4.57 Å². The van der Waals surface area contributed by atoms with E-state index >= 15 is 0 Å². The molecule has 2 aromatic carbocycles. The second-order valence-corrected chi connectivity index (χ2v) is 8.39. The summed E-state index contributed by atoms with van der Waals surface area (Å²) in [7, 11) is -3.82. The van der Waals surface area contributed by atoms with Gasteiger partial charge in [-0.3, -0.25) is 4.52 Å². The normalized spacial score (nSPS) is 12.6. The summed E-state index contributed by atoms with van der Waals surface area (Å²) < 4.78 is 30.9. The van der Waals surface area contributed by atoms with Gasteiger partial charge in [0.15, 0.2) is 0 Å². The van der Waals surface area contributed by atoms with E-state index in [1.165, 1.54) is 0 Å². The molecule has 0 aromatic heterocycles. The van der Waals surface area contributed by atoms with Crippen LogP contribution in [0.3, 0.4) is 0 Å². The highest BCUT2D eigenvalue weighted by Crippen LogP contribution is 2.51. The predicted molar refractivity (Wildman–Crippen MR) is 110 cm³/mol. The third-order valence-corrected chi connectivity index (χ3v) is 5.93. The van der Waals surface area contributed by atoms with Gasteiger partial charge in [0.25, 0.3) is 0 Å². The molecule has 0 aliphatic carbocycles. The highest BCUT2D eigenvalue weighted by molar-refractivity contribution is 7.49. The van der Waals surface area contributed by atoms with Crippen LogP contribution in [0.15, 0.2) is 48.5 Å². The number of benzene rings is 2. The van der Waals surface area contributed by atoms with Crippen molar-refractivity contribution in [3.05, 3.63) is 59.7 Å². The summed E-state index contributed by atoms with van der Waals surface area (Å²) in [5, 5.41) is 0. The Morgan fingerprint density at radius 3 is 1.85 bits per heavy atom. The molecule has 2 rings (SSSR count). The van der Waals surface area contributed by atoms with Gasteiger partial charge in [0, 0.05) is 0 Å². The van der Waals surface area contributed by atoms with E-state index in [0.717, 1.165) is 36.8 Å². The molecule has 0 radical (unpaired) electrons. The van der Waals surface area contributed by atoms with Crippen LogP contribution >= 0.6 is 7.82 Å². The number of rotatable bonds is 11. The smallest absolute Gasteiger partial charge is 0.395 e. The van der Waals surface area contributed by atoms with Crippen molar-refractivity contribution in [1.82, 2.24) is 0 Å².